The van der Waals surface area contributed by atoms with E-state index in [1.54, 1.807) is 30.6 Å². The van der Waals surface area contributed by atoms with Gasteiger partial charge in [0.2, 0.25) is 0 Å². The van der Waals surface area contributed by atoms with E-state index in [2.05, 4.69) is 10.2 Å². The van der Waals surface area contributed by atoms with Crippen molar-refractivity contribution in [2.45, 2.75) is 18.6 Å². The second-order valence-corrected chi connectivity index (χ2v) is 5.62. The van der Waals surface area contributed by atoms with Crippen molar-refractivity contribution < 1.29 is 9.59 Å². The summed E-state index contributed by atoms with van der Waals surface area (Å²) in [5.41, 5.74) is 0.980. The molecule has 0 bridgehead atoms. The lowest BCUT2D eigenvalue weighted by Crippen LogP contribution is -2.31. The number of thioether (sulfide) groups is 1. The van der Waals surface area contributed by atoms with Crippen LogP contribution in [0.3, 0.4) is 0 Å². The molecule has 2 aromatic rings. The van der Waals surface area contributed by atoms with Gasteiger partial charge in [-0.05, 0) is 19.1 Å². The molecule has 0 atom stereocenters. The minimum atomic E-state index is -0.215. The molecule has 108 valence electrons. The highest BCUT2D eigenvalue weighted by atomic mass is 32.2. The fraction of sp³-hybridized carbons (Fsp3) is 0.286. The number of aromatic nitrogens is 3. The van der Waals surface area contributed by atoms with Crippen LogP contribution >= 0.6 is 11.8 Å². The van der Waals surface area contributed by atoms with Crippen molar-refractivity contribution in [1.29, 1.82) is 0 Å². The standard InChI is InChI=1S/C14H14N4O2S/c1-2-17-9-15-16-14(17)21-8-7-18-12(19)10-5-3-4-6-11(10)13(18)20/h3-6,9H,2,7-8H2,1H3. The molecule has 0 fully saturated rings. The number of aryl methyl sites for hydroxylation is 1. The minimum absolute atomic E-state index is 0.215. The molecule has 21 heavy (non-hydrogen) atoms. The van der Waals surface area contributed by atoms with Crippen LogP contribution in [0.1, 0.15) is 27.6 Å². The normalized spacial score (nSPS) is 13.9. The van der Waals surface area contributed by atoms with Crippen molar-refractivity contribution in [2.75, 3.05) is 12.3 Å². The maximum atomic E-state index is 12.2. The van der Waals surface area contributed by atoms with Crippen LogP contribution in [0.5, 0.6) is 0 Å². The maximum Gasteiger partial charge on any atom is 0.261 e. The molecule has 3 rings (SSSR count). The molecule has 7 heteroatoms. The Morgan fingerprint density at radius 3 is 2.43 bits per heavy atom. The SMILES string of the molecule is CCn1cnnc1SCCN1C(=O)c2ccccc2C1=O. The number of rotatable bonds is 5. The number of carbonyl (C=O) groups excluding carboxylic acids is 2. The van der Waals surface area contributed by atoms with Gasteiger partial charge in [-0.15, -0.1) is 10.2 Å². The van der Waals surface area contributed by atoms with Crippen LogP contribution in [0.15, 0.2) is 35.7 Å². The van der Waals surface area contributed by atoms with Gasteiger partial charge in [-0.25, -0.2) is 0 Å². The van der Waals surface area contributed by atoms with Gasteiger partial charge in [-0.2, -0.15) is 0 Å². The van der Waals surface area contributed by atoms with Crippen LogP contribution in [-0.2, 0) is 6.54 Å². The number of amides is 2. The summed E-state index contributed by atoms with van der Waals surface area (Å²) in [5, 5.41) is 8.67. The molecule has 1 aliphatic rings. The second kappa shape index (κ2) is 5.69. The Morgan fingerprint density at radius 2 is 1.81 bits per heavy atom. The van der Waals surface area contributed by atoms with Gasteiger partial charge in [0.25, 0.3) is 11.8 Å². The highest BCUT2D eigenvalue weighted by Crippen LogP contribution is 2.23. The van der Waals surface area contributed by atoms with Crippen molar-refractivity contribution in [3.05, 3.63) is 41.7 Å². The number of nitrogens with zero attached hydrogens (tertiary/aromatic N) is 4. The van der Waals surface area contributed by atoms with Gasteiger partial charge in [-0.1, -0.05) is 23.9 Å². The Morgan fingerprint density at radius 1 is 1.14 bits per heavy atom. The summed E-state index contributed by atoms with van der Waals surface area (Å²) in [6, 6.07) is 6.92. The van der Waals surface area contributed by atoms with E-state index in [0.717, 1.165) is 11.7 Å². The van der Waals surface area contributed by atoms with Crippen LogP contribution in [-0.4, -0.2) is 43.8 Å². The molecule has 1 aliphatic heterocycles. The van der Waals surface area contributed by atoms with Gasteiger partial charge in [0, 0.05) is 18.8 Å². The first-order valence-electron chi connectivity index (χ1n) is 6.68. The summed E-state index contributed by atoms with van der Waals surface area (Å²) in [6.07, 6.45) is 1.67. The van der Waals surface area contributed by atoms with E-state index in [1.165, 1.54) is 16.7 Å². The summed E-state index contributed by atoms with van der Waals surface area (Å²) in [7, 11) is 0. The summed E-state index contributed by atoms with van der Waals surface area (Å²) in [4.78, 5) is 25.7. The molecule has 2 heterocycles. The summed E-state index contributed by atoms with van der Waals surface area (Å²) in [6.45, 7) is 3.17. The van der Waals surface area contributed by atoms with E-state index in [0.29, 0.717) is 23.4 Å². The lowest BCUT2D eigenvalue weighted by Gasteiger charge is -2.13. The predicted octanol–water partition coefficient (Wildman–Crippen LogP) is 1.69. The Labute approximate surface area is 126 Å². The molecule has 0 unspecified atom stereocenters. The molecule has 1 aromatic heterocycles. The Balaban J connectivity index is 1.65. The molecule has 0 radical (unpaired) electrons. The third kappa shape index (κ3) is 2.44. The first-order valence-corrected chi connectivity index (χ1v) is 7.66. The summed E-state index contributed by atoms with van der Waals surface area (Å²) < 4.78 is 1.92. The average Bonchev–Trinajstić information content (AvgIpc) is 3.06. The highest BCUT2D eigenvalue weighted by Gasteiger charge is 2.34. The highest BCUT2D eigenvalue weighted by molar-refractivity contribution is 7.99. The zero-order valence-corrected chi connectivity index (χ0v) is 12.3. The average molecular weight is 302 g/mol. The molecular weight excluding hydrogens is 288 g/mol. The molecule has 6 nitrogen and oxygen atoms in total. The Bertz CT molecular complexity index is 663. The van der Waals surface area contributed by atoms with Crippen LogP contribution in [0, 0.1) is 0 Å². The quantitative estimate of drug-likeness (QED) is 0.621. The van der Waals surface area contributed by atoms with E-state index in [9.17, 15) is 9.59 Å². The van der Waals surface area contributed by atoms with Crippen LogP contribution in [0.4, 0.5) is 0 Å². The number of imide groups is 1. The third-order valence-electron chi connectivity index (χ3n) is 3.34. The molecule has 0 saturated heterocycles. The van der Waals surface area contributed by atoms with E-state index in [-0.39, 0.29) is 11.8 Å². The molecule has 0 spiro atoms. The zero-order chi connectivity index (χ0) is 14.8. The number of benzene rings is 1. The maximum absolute atomic E-state index is 12.2. The van der Waals surface area contributed by atoms with Gasteiger partial charge >= 0.3 is 0 Å². The van der Waals surface area contributed by atoms with Crippen molar-refractivity contribution in [2.24, 2.45) is 0 Å². The van der Waals surface area contributed by atoms with Gasteiger partial charge in [0.15, 0.2) is 5.16 Å². The topological polar surface area (TPSA) is 68.1 Å². The predicted molar refractivity (Wildman–Crippen MR) is 78.2 cm³/mol. The summed E-state index contributed by atoms with van der Waals surface area (Å²) >= 11 is 1.49. The molecular formula is C14H14N4O2S. The molecule has 0 aliphatic carbocycles. The largest absolute Gasteiger partial charge is 0.309 e. The van der Waals surface area contributed by atoms with Crippen molar-refractivity contribution in [3.63, 3.8) is 0 Å². The molecule has 0 saturated carbocycles. The number of fused-ring (bicyclic) bond motifs is 1. The monoisotopic (exact) mass is 302 g/mol. The first kappa shape index (κ1) is 13.8. The van der Waals surface area contributed by atoms with Crippen LogP contribution in [0.2, 0.25) is 0 Å². The summed E-state index contributed by atoms with van der Waals surface area (Å²) in [5.74, 6) is 0.172. The second-order valence-electron chi connectivity index (χ2n) is 4.56. The number of hydrogen-bond acceptors (Lipinski definition) is 5. The fourth-order valence-electron chi connectivity index (χ4n) is 2.24. The van der Waals surface area contributed by atoms with E-state index in [1.807, 2.05) is 11.5 Å². The van der Waals surface area contributed by atoms with Gasteiger partial charge in [0.05, 0.1) is 11.1 Å². The Hall–Kier alpha value is -2.15. The van der Waals surface area contributed by atoms with E-state index < -0.39 is 0 Å². The van der Waals surface area contributed by atoms with Gasteiger partial charge < -0.3 is 4.57 Å². The molecule has 1 aromatic carbocycles. The minimum Gasteiger partial charge on any atom is -0.309 e. The van der Waals surface area contributed by atoms with E-state index >= 15 is 0 Å². The number of hydrogen-bond donors (Lipinski definition) is 0. The third-order valence-corrected chi connectivity index (χ3v) is 4.31. The molecule has 2 amide bonds. The molecule has 0 N–H and O–H groups in total. The van der Waals surface area contributed by atoms with Crippen molar-refractivity contribution in [1.82, 2.24) is 19.7 Å². The lowest BCUT2D eigenvalue weighted by atomic mass is 10.1. The van der Waals surface area contributed by atoms with Gasteiger partial charge in [0.1, 0.15) is 6.33 Å². The lowest BCUT2D eigenvalue weighted by molar-refractivity contribution is 0.0664. The smallest absolute Gasteiger partial charge is 0.261 e. The number of carbonyl (C=O) groups is 2. The van der Waals surface area contributed by atoms with Crippen molar-refractivity contribution in [3.8, 4) is 0 Å². The van der Waals surface area contributed by atoms with E-state index in [4.69, 9.17) is 0 Å². The zero-order valence-electron chi connectivity index (χ0n) is 11.5. The first-order chi connectivity index (χ1) is 10.2. The van der Waals surface area contributed by atoms with Crippen LogP contribution in [0.25, 0.3) is 0 Å². The fourth-order valence-corrected chi connectivity index (χ4v) is 3.15. The van der Waals surface area contributed by atoms with Crippen molar-refractivity contribution >= 4 is 23.6 Å². The van der Waals surface area contributed by atoms with Gasteiger partial charge in [-0.3, -0.25) is 14.5 Å². The Kier molecular flexibility index (Phi) is 3.74. The van der Waals surface area contributed by atoms with Crippen LogP contribution < -0.4 is 0 Å².